The largest absolute Gasteiger partial charge is 0.461 e. The summed E-state index contributed by atoms with van der Waals surface area (Å²) in [6.45, 7) is 3.77. The van der Waals surface area contributed by atoms with Crippen LogP contribution < -0.4 is 5.32 Å². The average Bonchev–Trinajstić information content (AvgIpc) is 3.02. The molecule has 1 N–H and O–H groups in total. The molecule has 0 saturated heterocycles. The molecule has 1 aliphatic rings. The number of rotatable bonds is 4. The van der Waals surface area contributed by atoms with E-state index in [9.17, 15) is 9.59 Å². The molecule has 0 radical (unpaired) electrons. The fraction of sp³-hybridized carbons (Fsp3) is 0.312. The molecule has 0 bridgehead atoms. The first-order valence-electron chi connectivity index (χ1n) is 7.62. The van der Waals surface area contributed by atoms with E-state index in [4.69, 9.17) is 39.5 Å². The third-order valence-corrected chi connectivity index (χ3v) is 4.69. The number of nitrogens with one attached hydrogen (secondary N) is 1. The van der Waals surface area contributed by atoms with Crippen LogP contribution in [-0.2, 0) is 16.0 Å². The Morgan fingerprint density at radius 3 is 2.48 bits per heavy atom. The number of carbonyl (C=O) groups excluding carboxylic acids is 2. The highest BCUT2D eigenvalue weighted by atomic mass is 35.5. The number of fused-ring (bicyclic) bond motifs is 1. The number of imidazole rings is 1. The van der Waals surface area contributed by atoms with Crippen LogP contribution in [0.3, 0.4) is 0 Å². The lowest BCUT2D eigenvalue weighted by Crippen LogP contribution is -2.22. The van der Waals surface area contributed by atoms with Crippen LogP contribution in [0.4, 0.5) is 5.95 Å². The summed E-state index contributed by atoms with van der Waals surface area (Å²) in [6, 6.07) is 2.06. The van der Waals surface area contributed by atoms with Gasteiger partial charge in [-0.05, 0) is 25.5 Å². The number of hydrogen-bond acceptors (Lipinski definition) is 4. The normalized spacial score (nSPS) is 15.9. The minimum Gasteiger partial charge on any atom is -0.461 e. The summed E-state index contributed by atoms with van der Waals surface area (Å²) >= 11 is 18.5. The van der Waals surface area contributed by atoms with Crippen molar-refractivity contribution >= 4 is 52.6 Å². The summed E-state index contributed by atoms with van der Waals surface area (Å²) in [5.41, 5.74) is 1.10. The van der Waals surface area contributed by atoms with Crippen LogP contribution in [0.25, 0.3) is 0 Å². The topological polar surface area (TPSA) is 73.2 Å². The van der Waals surface area contributed by atoms with Crippen molar-refractivity contribution in [1.82, 2.24) is 9.55 Å². The summed E-state index contributed by atoms with van der Waals surface area (Å²) in [7, 11) is 0. The number of benzene rings is 1. The zero-order chi connectivity index (χ0) is 18.3. The number of amides is 1. The van der Waals surface area contributed by atoms with Gasteiger partial charge in [-0.15, -0.1) is 0 Å². The van der Waals surface area contributed by atoms with E-state index in [2.05, 4.69) is 10.3 Å². The van der Waals surface area contributed by atoms with Gasteiger partial charge in [-0.25, -0.2) is 9.78 Å². The molecule has 25 heavy (non-hydrogen) atoms. The molecule has 3 rings (SSSR count). The van der Waals surface area contributed by atoms with Crippen LogP contribution >= 0.6 is 34.8 Å². The molecule has 9 heteroatoms. The van der Waals surface area contributed by atoms with Crippen LogP contribution in [0.15, 0.2) is 12.1 Å². The Morgan fingerprint density at radius 1 is 1.28 bits per heavy atom. The Morgan fingerprint density at radius 2 is 1.92 bits per heavy atom. The van der Waals surface area contributed by atoms with Gasteiger partial charge in [0.25, 0.3) is 5.91 Å². The fourth-order valence-electron chi connectivity index (χ4n) is 2.85. The van der Waals surface area contributed by atoms with Gasteiger partial charge in [0.05, 0.1) is 12.3 Å². The highest BCUT2D eigenvalue weighted by molar-refractivity contribution is 6.39. The molecule has 1 aromatic carbocycles. The van der Waals surface area contributed by atoms with Crippen LogP contribution in [0, 0.1) is 0 Å². The Bertz CT molecular complexity index is 856. The number of hydrogen-bond donors (Lipinski definition) is 1. The molecule has 6 nitrogen and oxygen atoms in total. The van der Waals surface area contributed by atoms with Crippen molar-refractivity contribution in [1.29, 1.82) is 0 Å². The second kappa shape index (κ2) is 6.86. The minimum atomic E-state index is -0.931. The Kier molecular flexibility index (Phi) is 4.95. The second-order valence-electron chi connectivity index (χ2n) is 5.35. The number of halogens is 3. The molecule has 1 unspecified atom stereocenters. The Labute approximate surface area is 159 Å². The molecule has 0 saturated carbocycles. The van der Waals surface area contributed by atoms with Gasteiger partial charge in [0.1, 0.15) is 6.04 Å². The van der Waals surface area contributed by atoms with Crippen molar-refractivity contribution in [2.75, 3.05) is 11.9 Å². The van der Waals surface area contributed by atoms with Crippen molar-refractivity contribution in [3.8, 4) is 0 Å². The molecule has 0 aliphatic carbocycles. The molecule has 2 aromatic rings. The number of aromatic nitrogens is 2. The molecule has 1 aromatic heterocycles. The van der Waals surface area contributed by atoms with Gasteiger partial charge in [-0.3, -0.25) is 14.7 Å². The van der Waals surface area contributed by atoms with E-state index in [0.29, 0.717) is 22.7 Å². The lowest BCUT2D eigenvalue weighted by Gasteiger charge is -2.17. The predicted octanol–water partition coefficient (Wildman–Crippen LogP) is 4.12. The molecule has 1 amide bonds. The molecule has 0 spiro atoms. The summed E-state index contributed by atoms with van der Waals surface area (Å²) in [4.78, 5) is 29.3. The van der Waals surface area contributed by atoms with Crippen molar-refractivity contribution < 1.29 is 14.3 Å². The minimum absolute atomic E-state index is 0.205. The van der Waals surface area contributed by atoms with Crippen molar-refractivity contribution in [3.63, 3.8) is 0 Å². The quantitative estimate of drug-likeness (QED) is 0.781. The monoisotopic (exact) mass is 401 g/mol. The summed E-state index contributed by atoms with van der Waals surface area (Å²) in [5, 5.41) is 3.47. The lowest BCUT2D eigenvalue weighted by molar-refractivity contribution is -0.117. The first-order valence-corrected chi connectivity index (χ1v) is 8.75. The first-order chi connectivity index (χ1) is 11.9. The molecule has 1 atom stereocenters. The van der Waals surface area contributed by atoms with E-state index in [-0.39, 0.29) is 34.2 Å². The van der Waals surface area contributed by atoms with Gasteiger partial charge in [-0.2, -0.15) is 0 Å². The number of ether oxygens (including phenoxy) is 1. The average molecular weight is 403 g/mol. The fourth-order valence-corrected chi connectivity index (χ4v) is 3.88. The Balaban J connectivity index is 2.23. The van der Waals surface area contributed by atoms with Gasteiger partial charge in [0.2, 0.25) is 5.95 Å². The maximum atomic E-state index is 12.5. The summed E-state index contributed by atoms with van der Waals surface area (Å²) in [5.74, 6) is -0.681. The van der Waals surface area contributed by atoms with Crippen LogP contribution in [-0.4, -0.2) is 28.0 Å². The molecular formula is C16H14Cl3N3O3. The highest BCUT2D eigenvalue weighted by Gasteiger charge is 2.40. The van der Waals surface area contributed by atoms with Crippen LogP contribution in [0.1, 0.15) is 41.6 Å². The highest BCUT2D eigenvalue weighted by Crippen LogP contribution is 2.41. The smallest absolute Gasteiger partial charge is 0.356 e. The molecule has 0 fully saturated rings. The SMILES string of the molecule is CCOC(=O)c1c(CC)nc2n1C(c1c(Cl)cc(Cl)cc1Cl)C(=O)N2. The Hall–Kier alpha value is -1.76. The maximum absolute atomic E-state index is 12.5. The molecule has 2 heterocycles. The zero-order valence-corrected chi connectivity index (χ0v) is 15.7. The number of aryl methyl sites for hydroxylation is 1. The second-order valence-corrected chi connectivity index (χ2v) is 6.60. The molecular weight excluding hydrogens is 389 g/mol. The van der Waals surface area contributed by atoms with E-state index >= 15 is 0 Å². The zero-order valence-electron chi connectivity index (χ0n) is 13.4. The van der Waals surface area contributed by atoms with Gasteiger partial charge in [0, 0.05) is 20.6 Å². The summed E-state index contributed by atoms with van der Waals surface area (Å²) in [6.07, 6.45) is 0.499. The van der Waals surface area contributed by atoms with Gasteiger partial charge < -0.3 is 4.74 Å². The number of esters is 1. The van der Waals surface area contributed by atoms with Gasteiger partial charge in [0.15, 0.2) is 5.69 Å². The first kappa shape index (κ1) is 18.0. The van der Waals surface area contributed by atoms with E-state index in [1.54, 1.807) is 6.92 Å². The van der Waals surface area contributed by atoms with Crippen molar-refractivity contribution in [2.45, 2.75) is 26.3 Å². The summed E-state index contributed by atoms with van der Waals surface area (Å²) < 4.78 is 6.61. The van der Waals surface area contributed by atoms with Crippen molar-refractivity contribution in [3.05, 3.63) is 44.2 Å². The maximum Gasteiger partial charge on any atom is 0.356 e. The molecule has 1 aliphatic heterocycles. The van der Waals surface area contributed by atoms with Crippen LogP contribution in [0.2, 0.25) is 15.1 Å². The van der Waals surface area contributed by atoms with E-state index < -0.39 is 12.0 Å². The van der Waals surface area contributed by atoms with E-state index in [1.165, 1.54) is 16.7 Å². The third-order valence-electron chi connectivity index (χ3n) is 3.85. The van der Waals surface area contributed by atoms with E-state index in [1.807, 2.05) is 6.92 Å². The van der Waals surface area contributed by atoms with Crippen molar-refractivity contribution in [2.24, 2.45) is 0 Å². The number of anilines is 1. The van der Waals surface area contributed by atoms with E-state index in [0.717, 1.165) is 0 Å². The van der Waals surface area contributed by atoms with Gasteiger partial charge in [-0.1, -0.05) is 41.7 Å². The molecule has 132 valence electrons. The van der Waals surface area contributed by atoms with Crippen LogP contribution in [0.5, 0.6) is 0 Å². The lowest BCUT2D eigenvalue weighted by atomic mass is 10.1. The standard InChI is InChI=1S/C16H14Cl3N3O3/c1-3-10-12(15(24)25-4-2)22-13(14(23)21-16(22)20-10)11-8(18)5-7(17)6-9(11)19/h5-6,13H,3-4H2,1-2H3,(H,20,21,23). The number of nitrogens with zero attached hydrogens (tertiary/aromatic N) is 2. The van der Waals surface area contributed by atoms with Gasteiger partial charge >= 0.3 is 5.97 Å². The predicted molar refractivity (Wildman–Crippen MR) is 95.8 cm³/mol. The number of carbonyl (C=O) groups is 2. The third kappa shape index (κ3) is 2.99.